The molecule has 0 saturated carbocycles. The van der Waals surface area contributed by atoms with Crippen molar-refractivity contribution >= 4 is 11.0 Å². The molecule has 2 aromatic heterocycles. The van der Waals surface area contributed by atoms with Crippen LogP contribution in [0.3, 0.4) is 0 Å². The number of imidazole rings is 1. The Morgan fingerprint density at radius 2 is 2.11 bits per heavy atom. The molecule has 4 rings (SSSR count). The molecule has 19 heavy (non-hydrogen) atoms. The molecule has 1 aliphatic heterocycles. The van der Waals surface area contributed by atoms with Crippen LogP contribution in [0.1, 0.15) is 11.5 Å². The number of benzene rings is 1. The van der Waals surface area contributed by atoms with Crippen molar-refractivity contribution < 1.29 is 0 Å². The third-order valence-electron chi connectivity index (χ3n) is 3.69. The lowest BCUT2D eigenvalue weighted by molar-refractivity contribution is 0.449. The van der Waals surface area contributed by atoms with Crippen LogP contribution < -0.4 is 5.32 Å². The fourth-order valence-electron chi connectivity index (χ4n) is 2.45. The van der Waals surface area contributed by atoms with Crippen molar-refractivity contribution in [3.63, 3.8) is 0 Å². The van der Waals surface area contributed by atoms with Crippen LogP contribution >= 0.6 is 0 Å². The van der Waals surface area contributed by atoms with Gasteiger partial charge in [-0.05, 0) is 29.8 Å². The molecule has 2 N–H and O–H groups in total. The average Bonchev–Trinajstić information content (AvgIpc) is 2.81. The highest BCUT2D eigenvalue weighted by Gasteiger charge is 2.19. The Kier molecular flexibility index (Phi) is 2.35. The van der Waals surface area contributed by atoms with E-state index in [9.17, 15) is 0 Å². The van der Waals surface area contributed by atoms with Gasteiger partial charge in [0.1, 0.15) is 5.82 Å². The molecule has 3 heterocycles. The minimum atomic E-state index is 0.648. The van der Waals surface area contributed by atoms with Crippen molar-refractivity contribution in [2.24, 2.45) is 0 Å². The van der Waals surface area contributed by atoms with Gasteiger partial charge in [0.25, 0.3) is 0 Å². The van der Waals surface area contributed by atoms with E-state index in [2.05, 4.69) is 38.5 Å². The third-order valence-corrected chi connectivity index (χ3v) is 3.69. The van der Waals surface area contributed by atoms with Gasteiger partial charge in [-0.15, -0.1) is 0 Å². The van der Waals surface area contributed by atoms with Crippen molar-refractivity contribution in [2.45, 2.75) is 5.92 Å². The first kappa shape index (κ1) is 10.7. The van der Waals surface area contributed by atoms with E-state index in [4.69, 9.17) is 0 Å². The number of pyridine rings is 1. The fourth-order valence-corrected chi connectivity index (χ4v) is 2.45. The summed E-state index contributed by atoms with van der Waals surface area (Å²) in [5.41, 5.74) is 4.51. The molecular formula is C15H14N4. The maximum atomic E-state index is 4.62. The van der Waals surface area contributed by atoms with E-state index in [0.717, 1.165) is 35.5 Å². The maximum absolute atomic E-state index is 4.62. The molecule has 4 heteroatoms. The van der Waals surface area contributed by atoms with Gasteiger partial charge >= 0.3 is 0 Å². The molecule has 94 valence electrons. The predicted octanol–water partition coefficient (Wildman–Crippen LogP) is 2.31. The van der Waals surface area contributed by atoms with E-state index in [1.54, 1.807) is 6.20 Å². The summed E-state index contributed by atoms with van der Waals surface area (Å²) in [6.07, 6.45) is 3.60. The maximum Gasteiger partial charge on any atom is 0.140 e. The summed E-state index contributed by atoms with van der Waals surface area (Å²) in [4.78, 5) is 12.1. The number of rotatable bonds is 2. The van der Waals surface area contributed by atoms with E-state index in [1.165, 1.54) is 5.56 Å². The van der Waals surface area contributed by atoms with Gasteiger partial charge in [-0.1, -0.05) is 6.07 Å². The fraction of sp³-hybridized carbons (Fsp3) is 0.200. The molecule has 0 bridgehead atoms. The van der Waals surface area contributed by atoms with Crippen LogP contribution in [0.5, 0.6) is 0 Å². The molecule has 1 aromatic carbocycles. The van der Waals surface area contributed by atoms with Crippen molar-refractivity contribution in [1.29, 1.82) is 0 Å². The molecule has 0 aliphatic carbocycles. The molecule has 1 aliphatic rings. The molecule has 4 nitrogen and oxygen atoms in total. The summed E-state index contributed by atoms with van der Waals surface area (Å²) in [6, 6.07) is 10.4. The highest BCUT2D eigenvalue weighted by atomic mass is 15.0. The number of hydrogen-bond acceptors (Lipinski definition) is 3. The first-order valence-corrected chi connectivity index (χ1v) is 6.51. The number of nitrogens with one attached hydrogen (secondary N) is 2. The molecule has 3 aromatic rings. The Morgan fingerprint density at radius 1 is 1.16 bits per heavy atom. The summed E-state index contributed by atoms with van der Waals surface area (Å²) >= 11 is 0. The third kappa shape index (κ3) is 1.81. The van der Waals surface area contributed by atoms with E-state index in [0.29, 0.717) is 5.92 Å². The highest BCUT2D eigenvalue weighted by molar-refractivity contribution is 5.80. The summed E-state index contributed by atoms with van der Waals surface area (Å²) < 4.78 is 0. The minimum Gasteiger partial charge on any atom is -0.338 e. The Hall–Kier alpha value is -2.20. The Morgan fingerprint density at radius 3 is 2.84 bits per heavy atom. The van der Waals surface area contributed by atoms with Crippen LogP contribution in [-0.4, -0.2) is 28.0 Å². The Labute approximate surface area is 110 Å². The number of nitrogens with zero attached hydrogens (tertiary/aromatic N) is 2. The molecule has 1 saturated heterocycles. The predicted molar refractivity (Wildman–Crippen MR) is 74.9 cm³/mol. The standard InChI is InChI=1S/C15H14N4/c1-2-11(7-16-5-1)15-18-13-4-3-10(6-14(13)19-15)12-8-17-9-12/h1-7,12,17H,8-9H2,(H,18,19). The zero-order valence-electron chi connectivity index (χ0n) is 10.4. The van der Waals surface area contributed by atoms with Gasteiger partial charge in [-0.25, -0.2) is 4.98 Å². The second-order valence-corrected chi connectivity index (χ2v) is 4.96. The van der Waals surface area contributed by atoms with Crippen molar-refractivity contribution in [3.8, 4) is 11.4 Å². The SMILES string of the molecule is c1cncc(-c2nc3ccc(C4CNC4)cc3[nH]2)c1. The topological polar surface area (TPSA) is 53.6 Å². The summed E-state index contributed by atoms with van der Waals surface area (Å²) in [5.74, 6) is 1.53. The summed E-state index contributed by atoms with van der Waals surface area (Å²) in [6.45, 7) is 2.16. The van der Waals surface area contributed by atoms with Gasteiger partial charge in [0.2, 0.25) is 0 Å². The molecule has 0 spiro atoms. The molecular weight excluding hydrogens is 236 g/mol. The second-order valence-electron chi connectivity index (χ2n) is 4.96. The van der Waals surface area contributed by atoms with Gasteiger partial charge in [0.15, 0.2) is 0 Å². The normalized spacial score (nSPS) is 15.6. The van der Waals surface area contributed by atoms with Crippen molar-refractivity contribution in [1.82, 2.24) is 20.3 Å². The van der Waals surface area contributed by atoms with Crippen LogP contribution in [0.4, 0.5) is 0 Å². The lowest BCUT2D eigenvalue weighted by Crippen LogP contribution is -2.39. The first-order chi connectivity index (χ1) is 9.40. The zero-order valence-corrected chi connectivity index (χ0v) is 10.4. The Balaban J connectivity index is 1.78. The van der Waals surface area contributed by atoms with Crippen molar-refractivity contribution in [3.05, 3.63) is 48.3 Å². The zero-order chi connectivity index (χ0) is 12.7. The minimum absolute atomic E-state index is 0.648. The molecule has 0 amide bonds. The van der Waals surface area contributed by atoms with Crippen LogP contribution in [0.15, 0.2) is 42.7 Å². The van der Waals surface area contributed by atoms with Gasteiger partial charge in [-0.2, -0.15) is 0 Å². The van der Waals surface area contributed by atoms with Gasteiger partial charge < -0.3 is 10.3 Å². The largest absolute Gasteiger partial charge is 0.338 e. The van der Waals surface area contributed by atoms with Crippen molar-refractivity contribution in [2.75, 3.05) is 13.1 Å². The smallest absolute Gasteiger partial charge is 0.140 e. The van der Waals surface area contributed by atoms with Crippen LogP contribution in [0.25, 0.3) is 22.4 Å². The van der Waals surface area contributed by atoms with Gasteiger partial charge in [-0.3, -0.25) is 4.98 Å². The average molecular weight is 250 g/mol. The quantitative estimate of drug-likeness (QED) is 0.734. The van der Waals surface area contributed by atoms with E-state index >= 15 is 0 Å². The Bertz CT molecular complexity index is 713. The number of H-pyrrole nitrogens is 1. The summed E-state index contributed by atoms with van der Waals surface area (Å²) in [5, 5.41) is 3.30. The lowest BCUT2D eigenvalue weighted by Gasteiger charge is -2.27. The molecule has 0 unspecified atom stereocenters. The number of hydrogen-bond donors (Lipinski definition) is 2. The van der Waals surface area contributed by atoms with E-state index in [-0.39, 0.29) is 0 Å². The first-order valence-electron chi connectivity index (χ1n) is 6.51. The molecule has 0 radical (unpaired) electrons. The lowest BCUT2D eigenvalue weighted by atomic mass is 9.93. The monoisotopic (exact) mass is 250 g/mol. The van der Waals surface area contributed by atoms with Crippen LogP contribution in [-0.2, 0) is 0 Å². The number of aromatic amines is 1. The van der Waals surface area contributed by atoms with Gasteiger partial charge in [0.05, 0.1) is 11.0 Å². The van der Waals surface area contributed by atoms with E-state index in [1.807, 2.05) is 18.3 Å². The van der Waals surface area contributed by atoms with Crippen LogP contribution in [0.2, 0.25) is 0 Å². The summed E-state index contributed by atoms with van der Waals surface area (Å²) in [7, 11) is 0. The number of fused-ring (bicyclic) bond motifs is 1. The highest BCUT2D eigenvalue weighted by Crippen LogP contribution is 2.25. The molecule has 1 fully saturated rings. The van der Waals surface area contributed by atoms with E-state index < -0.39 is 0 Å². The number of aromatic nitrogens is 3. The molecule has 0 atom stereocenters. The van der Waals surface area contributed by atoms with Gasteiger partial charge in [0, 0.05) is 37.0 Å². The van der Waals surface area contributed by atoms with Crippen LogP contribution in [0, 0.1) is 0 Å². The second kappa shape index (κ2) is 4.17.